The molecule has 0 aliphatic rings. The van der Waals surface area contributed by atoms with Gasteiger partial charge < -0.3 is 10.1 Å². The fraction of sp³-hybridized carbons (Fsp3) is 1.00. The zero-order valence-electron chi connectivity index (χ0n) is 8.66. The van der Waals surface area contributed by atoms with E-state index >= 15 is 0 Å². The lowest BCUT2D eigenvalue weighted by atomic mass is 10.2. The van der Waals surface area contributed by atoms with E-state index in [2.05, 4.69) is 5.32 Å². The Morgan fingerprint density at radius 1 is 1.29 bits per heavy atom. The molecule has 0 saturated carbocycles. The van der Waals surface area contributed by atoms with Crippen molar-refractivity contribution in [3.05, 3.63) is 0 Å². The van der Waals surface area contributed by atoms with Crippen LogP contribution in [0, 0.1) is 0 Å². The van der Waals surface area contributed by atoms with Crippen LogP contribution in [0.3, 0.4) is 0 Å². The molecule has 1 unspecified atom stereocenters. The van der Waals surface area contributed by atoms with Gasteiger partial charge in [0.15, 0.2) is 0 Å². The quantitative estimate of drug-likeness (QED) is 0.655. The second-order valence-corrected chi connectivity index (χ2v) is 3.31. The van der Waals surface area contributed by atoms with Crippen molar-refractivity contribution in [1.82, 2.24) is 5.32 Å². The minimum absolute atomic E-state index is 0.0530. The number of nitrogens with one attached hydrogen (secondary N) is 1. The van der Waals surface area contributed by atoms with Gasteiger partial charge in [0.2, 0.25) is 0 Å². The highest BCUT2D eigenvalue weighted by Crippen LogP contribution is 2.20. The first-order valence-electron chi connectivity index (χ1n) is 4.77. The highest BCUT2D eigenvalue weighted by Gasteiger charge is 2.25. The molecule has 86 valence electrons. The van der Waals surface area contributed by atoms with Gasteiger partial charge in [0.1, 0.15) is 0 Å². The minimum Gasteiger partial charge on any atom is -0.381 e. The predicted octanol–water partition coefficient (Wildman–Crippen LogP) is 2.34. The standard InChI is InChI=1S/C9H18F3NO/c1-8(13-2)4-7-14-6-3-5-9(10,11)12/h8,13H,3-7H2,1-2H3. The molecule has 0 fully saturated rings. The highest BCUT2D eigenvalue weighted by molar-refractivity contribution is 4.55. The number of rotatable bonds is 7. The Kier molecular flexibility index (Phi) is 6.92. The van der Waals surface area contributed by atoms with E-state index in [1.807, 2.05) is 14.0 Å². The Morgan fingerprint density at radius 2 is 1.93 bits per heavy atom. The van der Waals surface area contributed by atoms with Gasteiger partial charge >= 0.3 is 6.18 Å². The van der Waals surface area contributed by atoms with Gasteiger partial charge in [-0.05, 0) is 26.8 Å². The molecule has 0 spiro atoms. The van der Waals surface area contributed by atoms with Gasteiger partial charge in [-0.1, -0.05) is 0 Å². The number of halogens is 3. The van der Waals surface area contributed by atoms with E-state index < -0.39 is 12.6 Å². The summed E-state index contributed by atoms with van der Waals surface area (Å²) in [6, 6.07) is 0.345. The van der Waals surface area contributed by atoms with E-state index in [0.29, 0.717) is 12.6 Å². The molecule has 0 aromatic carbocycles. The van der Waals surface area contributed by atoms with Crippen molar-refractivity contribution >= 4 is 0 Å². The van der Waals surface area contributed by atoms with Gasteiger partial charge in [-0.2, -0.15) is 13.2 Å². The molecule has 0 aromatic rings. The first-order chi connectivity index (χ1) is 6.45. The number of alkyl halides is 3. The lowest BCUT2D eigenvalue weighted by Gasteiger charge is -2.10. The molecule has 0 aliphatic heterocycles. The third kappa shape index (κ3) is 9.80. The van der Waals surface area contributed by atoms with Gasteiger partial charge in [0, 0.05) is 25.7 Å². The summed E-state index contributed by atoms with van der Waals surface area (Å²) in [5.74, 6) is 0. The summed E-state index contributed by atoms with van der Waals surface area (Å²) in [7, 11) is 1.84. The monoisotopic (exact) mass is 213 g/mol. The van der Waals surface area contributed by atoms with Crippen LogP contribution in [0.1, 0.15) is 26.2 Å². The van der Waals surface area contributed by atoms with Gasteiger partial charge in [0.25, 0.3) is 0 Å². The SMILES string of the molecule is CNC(C)CCOCCCC(F)(F)F. The van der Waals surface area contributed by atoms with E-state index in [1.54, 1.807) is 0 Å². The van der Waals surface area contributed by atoms with E-state index in [0.717, 1.165) is 6.42 Å². The molecule has 0 amide bonds. The normalized spacial score (nSPS) is 14.4. The lowest BCUT2D eigenvalue weighted by Crippen LogP contribution is -2.22. The molecule has 0 bridgehead atoms. The fourth-order valence-corrected chi connectivity index (χ4v) is 0.881. The van der Waals surface area contributed by atoms with E-state index in [-0.39, 0.29) is 13.0 Å². The molecule has 5 heteroatoms. The summed E-state index contributed by atoms with van der Waals surface area (Å²) in [4.78, 5) is 0. The summed E-state index contributed by atoms with van der Waals surface area (Å²) in [5, 5.41) is 3.02. The second-order valence-electron chi connectivity index (χ2n) is 3.31. The molecule has 0 aliphatic carbocycles. The van der Waals surface area contributed by atoms with E-state index in [1.165, 1.54) is 0 Å². The maximum absolute atomic E-state index is 11.7. The van der Waals surface area contributed by atoms with Crippen LogP contribution in [0.5, 0.6) is 0 Å². The van der Waals surface area contributed by atoms with Gasteiger partial charge in [-0.3, -0.25) is 0 Å². The maximum Gasteiger partial charge on any atom is 0.389 e. The lowest BCUT2D eigenvalue weighted by molar-refractivity contribution is -0.137. The highest BCUT2D eigenvalue weighted by atomic mass is 19.4. The molecule has 1 N–H and O–H groups in total. The molecule has 1 atom stereocenters. The summed E-state index contributed by atoms with van der Waals surface area (Å²) in [5.41, 5.74) is 0. The van der Waals surface area contributed by atoms with Gasteiger partial charge in [-0.25, -0.2) is 0 Å². The molecule has 0 saturated heterocycles. The summed E-state index contributed by atoms with van der Waals surface area (Å²) >= 11 is 0. The number of hydrogen-bond acceptors (Lipinski definition) is 2. The van der Waals surface area contributed by atoms with Crippen molar-refractivity contribution in [1.29, 1.82) is 0 Å². The van der Waals surface area contributed by atoms with Crippen LogP contribution in [0.4, 0.5) is 13.2 Å². The Hall–Kier alpha value is -0.290. The molecule has 0 heterocycles. The summed E-state index contributed by atoms with van der Waals surface area (Å²) < 4.78 is 40.1. The zero-order valence-corrected chi connectivity index (χ0v) is 8.66. The van der Waals surface area contributed by atoms with Crippen molar-refractivity contribution in [3.63, 3.8) is 0 Å². The van der Waals surface area contributed by atoms with Crippen molar-refractivity contribution in [2.45, 2.75) is 38.4 Å². The van der Waals surface area contributed by atoms with E-state index in [4.69, 9.17) is 4.74 Å². The third-order valence-corrected chi connectivity index (χ3v) is 1.94. The van der Waals surface area contributed by atoms with Crippen molar-refractivity contribution in [3.8, 4) is 0 Å². The van der Waals surface area contributed by atoms with Crippen LogP contribution < -0.4 is 5.32 Å². The average Bonchev–Trinajstić information content (AvgIpc) is 2.08. The van der Waals surface area contributed by atoms with Crippen LogP contribution in [-0.4, -0.2) is 32.5 Å². The molecule has 2 nitrogen and oxygen atoms in total. The Bertz CT molecular complexity index is 139. The van der Waals surface area contributed by atoms with Crippen LogP contribution in [-0.2, 0) is 4.74 Å². The molecule has 0 aromatic heterocycles. The van der Waals surface area contributed by atoms with Crippen molar-refractivity contribution < 1.29 is 17.9 Å². The summed E-state index contributed by atoms with van der Waals surface area (Å²) in [6.45, 7) is 2.70. The van der Waals surface area contributed by atoms with Crippen LogP contribution in [0.15, 0.2) is 0 Å². The van der Waals surface area contributed by atoms with Gasteiger partial charge in [-0.15, -0.1) is 0 Å². The minimum atomic E-state index is -4.05. The maximum atomic E-state index is 11.7. The van der Waals surface area contributed by atoms with Crippen molar-refractivity contribution in [2.75, 3.05) is 20.3 Å². The van der Waals surface area contributed by atoms with Crippen LogP contribution in [0.25, 0.3) is 0 Å². The Morgan fingerprint density at radius 3 is 2.43 bits per heavy atom. The number of hydrogen-bond donors (Lipinski definition) is 1. The first-order valence-corrected chi connectivity index (χ1v) is 4.77. The third-order valence-electron chi connectivity index (χ3n) is 1.94. The molecular weight excluding hydrogens is 195 g/mol. The molecule has 0 rings (SSSR count). The smallest absolute Gasteiger partial charge is 0.381 e. The topological polar surface area (TPSA) is 21.3 Å². The zero-order chi connectivity index (χ0) is 11.0. The number of ether oxygens (including phenoxy) is 1. The van der Waals surface area contributed by atoms with Gasteiger partial charge in [0.05, 0.1) is 0 Å². The van der Waals surface area contributed by atoms with E-state index in [9.17, 15) is 13.2 Å². The average molecular weight is 213 g/mol. The molecule has 0 radical (unpaired) electrons. The summed E-state index contributed by atoms with van der Waals surface area (Å²) in [6.07, 6.45) is -3.93. The fourth-order valence-electron chi connectivity index (χ4n) is 0.881. The predicted molar refractivity (Wildman–Crippen MR) is 49.2 cm³/mol. The van der Waals surface area contributed by atoms with Crippen LogP contribution >= 0.6 is 0 Å². The van der Waals surface area contributed by atoms with Crippen LogP contribution in [0.2, 0.25) is 0 Å². The molecule has 14 heavy (non-hydrogen) atoms. The largest absolute Gasteiger partial charge is 0.389 e. The Labute approximate surface area is 82.8 Å². The van der Waals surface area contributed by atoms with Crippen molar-refractivity contribution in [2.24, 2.45) is 0 Å². The second kappa shape index (κ2) is 7.06. The Balaban J connectivity index is 3.14. The molecular formula is C9H18F3NO. The first kappa shape index (κ1) is 13.7.